The molecule has 164 valence electrons. The number of aromatic nitrogens is 3. The van der Waals surface area contributed by atoms with E-state index in [1.54, 1.807) is 6.20 Å². The fraction of sp³-hybridized carbons (Fsp3) is 0.154. The lowest BCUT2D eigenvalue weighted by molar-refractivity contribution is 0.418. The summed E-state index contributed by atoms with van der Waals surface area (Å²) in [6, 6.07) is 17.2. The molecule has 0 aliphatic heterocycles. The van der Waals surface area contributed by atoms with Gasteiger partial charge in [0.25, 0.3) is 0 Å². The van der Waals surface area contributed by atoms with Gasteiger partial charge >= 0.3 is 0 Å². The number of pyridine rings is 1. The predicted molar refractivity (Wildman–Crippen MR) is 127 cm³/mol. The Bertz CT molecular complexity index is 1490. The lowest BCUT2D eigenvalue weighted by Crippen LogP contribution is -2.13. The average Bonchev–Trinajstić information content (AvgIpc) is 3.37. The SMILES string of the molecule is Cc1cc(C(C)Nc2cccnc2-c2ncon2)c2oc(-c3ccccc3)c(C)c(=O)c2c1. The highest BCUT2D eigenvalue weighted by Gasteiger charge is 2.20. The molecule has 0 amide bonds. The third kappa shape index (κ3) is 3.78. The summed E-state index contributed by atoms with van der Waals surface area (Å²) < 4.78 is 11.3. The molecular weight excluding hydrogens is 416 g/mol. The fourth-order valence-corrected chi connectivity index (χ4v) is 4.04. The van der Waals surface area contributed by atoms with Crippen LogP contribution < -0.4 is 10.7 Å². The predicted octanol–water partition coefficient (Wildman–Crippen LogP) is 5.69. The van der Waals surface area contributed by atoms with Crippen molar-refractivity contribution >= 4 is 16.7 Å². The number of nitrogens with one attached hydrogen (secondary N) is 1. The molecule has 5 rings (SSSR count). The Morgan fingerprint density at radius 3 is 2.58 bits per heavy atom. The monoisotopic (exact) mass is 438 g/mol. The summed E-state index contributed by atoms with van der Waals surface area (Å²) in [4.78, 5) is 21.8. The normalized spacial score (nSPS) is 12.1. The largest absolute Gasteiger partial charge is 0.455 e. The van der Waals surface area contributed by atoms with E-state index in [0.29, 0.717) is 33.8 Å². The molecular formula is C26H22N4O3. The molecule has 7 heteroatoms. The highest BCUT2D eigenvalue weighted by atomic mass is 16.5. The molecule has 33 heavy (non-hydrogen) atoms. The summed E-state index contributed by atoms with van der Waals surface area (Å²) >= 11 is 0. The van der Waals surface area contributed by atoms with E-state index in [-0.39, 0.29) is 11.5 Å². The lowest BCUT2D eigenvalue weighted by atomic mass is 9.98. The quantitative estimate of drug-likeness (QED) is 0.376. The molecule has 0 aliphatic rings. The molecule has 0 bridgehead atoms. The van der Waals surface area contributed by atoms with Crippen molar-refractivity contribution in [3.8, 4) is 22.8 Å². The molecule has 5 aromatic rings. The Kier molecular flexibility index (Phi) is 5.22. The standard InChI is InChI=1S/C26H22N4O3/c1-15-12-19(17(3)29-21-10-7-11-27-22(21)26-28-14-32-30-26)25-20(13-15)23(31)16(2)24(33-25)18-8-5-4-6-9-18/h4-14,17,29H,1-3H3. The molecule has 1 atom stereocenters. The van der Waals surface area contributed by atoms with Gasteiger partial charge in [0, 0.05) is 22.9 Å². The third-order valence-electron chi connectivity index (χ3n) is 5.65. The van der Waals surface area contributed by atoms with Gasteiger partial charge in [0.2, 0.25) is 12.2 Å². The maximum Gasteiger partial charge on any atom is 0.222 e. The Labute approximate surface area is 190 Å². The molecule has 1 unspecified atom stereocenters. The second-order valence-electron chi connectivity index (χ2n) is 8.00. The molecule has 0 fully saturated rings. The van der Waals surface area contributed by atoms with Crippen LogP contribution in [0.15, 0.2) is 80.9 Å². The van der Waals surface area contributed by atoms with Gasteiger partial charge in [-0.15, -0.1) is 0 Å². The second-order valence-corrected chi connectivity index (χ2v) is 8.00. The van der Waals surface area contributed by atoms with Gasteiger partial charge in [-0.3, -0.25) is 9.78 Å². The highest BCUT2D eigenvalue weighted by molar-refractivity contribution is 5.85. The number of anilines is 1. The zero-order chi connectivity index (χ0) is 22.9. The molecule has 1 N–H and O–H groups in total. The van der Waals surface area contributed by atoms with Crippen LogP contribution in [-0.4, -0.2) is 15.1 Å². The summed E-state index contributed by atoms with van der Waals surface area (Å²) in [5.41, 5.74) is 5.19. The van der Waals surface area contributed by atoms with Crippen molar-refractivity contribution in [3.63, 3.8) is 0 Å². The topological polar surface area (TPSA) is 94.1 Å². The minimum Gasteiger partial charge on any atom is -0.455 e. The number of rotatable bonds is 5. The lowest BCUT2D eigenvalue weighted by Gasteiger charge is -2.19. The first kappa shape index (κ1) is 20.6. The zero-order valence-corrected chi connectivity index (χ0v) is 18.5. The molecule has 0 saturated carbocycles. The summed E-state index contributed by atoms with van der Waals surface area (Å²) in [6.45, 7) is 5.80. The van der Waals surface area contributed by atoms with Crippen molar-refractivity contribution in [1.82, 2.24) is 15.1 Å². The molecule has 2 aromatic carbocycles. The van der Waals surface area contributed by atoms with Crippen molar-refractivity contribution < 1.29 is 8.94 Å². The van der Waals surface area contributed by atoms with Gasteiger partial charge in [0.15, 0.2) is 5.43 Å². The Hall–Kier alpha value is -4.26. The number of fused-ring (bicyclic) bond motifs is 1. The average molecular weight is 438 g/mol. The Morgan fingerprint density at radius 2 is 1.82 bits per heavy atom. The number of hydrogen-bond acceptors (Lipinski definition) is 7. The molecule has 0 spiro atoms. The van der Waals surface area contributed by atoms with Crippen molar-refractivity contribution in [2.75, 3.05) is 5.32 Å². The Morgan fingerprint density at radius 1 is 1.00 bits per heavy atom. The second kappa shape index (κ2) is 8.35. The maximum absolute atomic E-state index is 13.3. The van der Waals surface area contributed by atoms with E-state index >= 15 is 0 Å². The molecule has 0 radical (unpaired) electrons. The van der Waals surface area contributed by atoms with Crippen LogP contribution in [-0.2, 0) is 0 Å². The van der Waals surface area contributed by atoms with Gasteiger partial charge in [0.05, 0.1) is 17.1 Å². The summed E-state index contributed by atoms with van der Waals surface area (Å²) in [5, 5.41) is 7.96. The van der Waals surface area contributed by atoms with E-state index in [9.17, 15) is 4.79 Å². The maximum atomic E-state index is 13.3. The summed E-state index contributed by atoms with van der Waals surface area (Å²) in [7, 11) is 0. The van der Waals surface area contributed by atoms with E-state index in [0.717, 1.165) is 22.4 Å². The van der Waals surface area contributed by atoms with Gasteiger partial charge in [-0.25, -0.2) is 0 Å². The Balaban J connectivity index is 1.64. The molecule has 3 aromatic heterocycles. The van der Waals surface area contributed by atoms with Crippen molar-refractivity contribution in [2.45, 2.75) is 26.8 Å². The van der Waals surface area contributed by atoms with E-state index in [1.165, 1.54) is 6.39 Å². The van der Waals surface area contributed by atoms with Crippen molar-refractivity contribution in [2.24, 2.45) is 0 Å². The summed E-state index contributed by atoms with van der Waals surface area (Å²) in [6.07, 6.45) is 2.95. The van der Waals surface area contributed by atoms with Crippen LogP contribution in [0.1, 0.15) is 29.7 Å². The number of hydrogen-bond donors (Lipinski definition) is 1. The van der Waals surface area contributed by atoms with E-state index in [4.69, 9.17) is 8.94 Å². The minimum absolute atomic E-state index is 0.0267. The van der Waals surface area contributed by atoms with Crippen LogP contribution in [0.4, 0.5) is 5.69 Å². The van der Waals surface area contributed by atoms with Gasteiger partial charge in [-0.2, -0.15) is 4.98 Å². The van der Waals surface area contributed by atoms with E-state index < -0.39 is 0 Å². The van der Waals surface area contributed by atoms with Crippen LogP contribution in [0.25, 0.3) is 33.8 Å². The van der Waals surface area contributed by atoms with Crippen LogP contribution in [0.3, 0.4) is 0 Å². The number of aryl methyl sites for hydroxylation is 1. The van der Waals surface area contributed by atoms with Gasteiger partial charge in [0.1, 0.15) is 17.0 Å². The molecule has 3 heterocycles. The van der Waals surface area contributed by atoms with Crippen LogP contribution in [0.2, 0.25) is 0 Å². The smallest absolute Gasteiger partial charge is 0.222 e. The van der Waals surface area contributed by atoms with Gasteiger partial charge in [-0.1, -0.05) is 41.6 Å². The summed E-state index contributed by atoms with van der Waals surface area (Å²) in [5.74, 6) is 0.979. The zero-order valence-electron chi connectivity index (χ0n) is 18.5. The number of benzene rings is 2. The van der Waals surface area contributed by atoms with Gasteiger partial charge in [-0.05, 0) is 44.5 Å². The molecule has 0 aliphatic carbocycles. The first-order chi connectivity index (χ1) is 16.0. The van der Waals surface area contributed by atoms with E-state index in [1.807, 2.05) is 75.4 Å². The number of nitrogens with zero attached hydrogens (tertiary/aromatic N) is 3. The van der Waals surface area contributed by atoms with Crippen LogP contribution in [0.5, 0.6) is 0 Å². The third-order valence-corrected chi connectivity index (χ3v) is 5.65. The van der Waals surface area contributed by atoms with Crippen LogP contribution in [0, 0.1) is 13.8 Å². The van der Waals surface area contributed by atoms with Crippen molar-refractivity contribution in [1.29, 1.82) is 0 Å². The van der Waals surface area contributed by atoms with E-state index in [2.05, 4.69) is 20.4 Å². The molecule has 0 saturated heterocycles. The molecule has 7 nitrogen and oxygen atoms in total. The highest BCUT2D eigenvalue weighted by Crippen LogP contribution is 2.33. The fourth-order valence-electron chi connectivity index (χ4n) is 4.04. The first-order valence-corrected chi connectivity index (χ1v) is 10.6. The van der Waals surface area contributed by atoms with Crippen molar-refractivity contribution in [3.05, 3.63) is 94.1 Å². The van der Waals surface area contributed by atoms with Gasteiger partial charge < -0.3 is 14.3 Å². The van der Waals surface area contributed by atoms with Crippen LogP contribution >= 0.6 is 0 Å². The minimum atomic E-state index is -0.197. The first-order valence-electron chi connectivity index (χ1n) is 10.6.